The Balaban J connectivity index is 1.74. The van der Waals surface area contributed by atoms with Gasteiger partial charge in [0, 0.05) is 12.5 Å². The van der Waals surface area contributed by atoms with Crippen LogP contribution in [-0.4, -0.2) is 11.2 Å². The second-order valence-corrected chi connectivity index (χ2v) is 4.98. The number of rotatable bonds is 4. The highest BCUT2D eigenvalue weighted by molar-refractivity contribution is 6.33. The predicted octanol–water partition coefficient (Wildman–Crippen LogP) is 4.21. The number of anilines is 1. The third-order valence-corrected chi connectivity index (χ3v) is 3.29. The number of halogens is 1. The lowest BCUT2D eigenvalue weighted by atomic mass is 10.2. The Morgan fingerprint density at radius 2 is 2.09 bits per heavy atom. The van der Waals surface area contributed by atoms with Crippen LogP contribution >= 0.6 is 11.6 Å². The van der Waals surface area contributed by atoms with Crippen LogP contribution in [0.25, 0.3) is 11.3 Å². The molecule has 3 rings (SSSR count). The Bertz CT molecular complexity index is 905. The lowest BCUT2D eigenvalue weighted by molar-refractivity contribution is 0.533. The highest BCUT2D eigenvalue weighted by Crippen LogP contribution is 2.28. The lowest BCUT2D eigenvalue weighted by Gasteiger charge is -1.98. The average Bonchev–Trinajstić information content (AvgIpc) is 3.14. The quantitative estimate of drug-likeness (QED) is 0.573. The fraction of sp³-hybridized carbons (Fsp3) is 0.0625. The molecule has 0 saturated carbocycles. The molecule has 2 heterocycles. The summed E-state index contributed by atoms with van der Waals surface area (Å²) < 4.78 is 10.9. The number of hydrogen-bond acceptors (Lipinski definition) is 6. The van der Waals surface area contributed by atoms with E-state index in [1.54, 1.807) is 19.1 Å². The highest BCUT2D eigenvalue weighted by atomic mass is 35.5. The molecule has 7 heteroatoms. The van der Waals surface area contributed by atoms with Gasteiger partial charge in [-0.3, -0.25) is 0 Å². The third kappa shape index (κ3) is 3.25. The molecule has 1 aromatic carbocycles. The minimum absolute atomic E-state index is 0.149. The molecule has 0 spiro atoms. The van der Waals surface area contributed by atoms with E-state index in [9.17, 15) is 0 Å². The zero-order valence-corrected chi connectivity index (χ0v) is 12.8. The van der Waals surface area contributed by atoms with Crippen molar-refractivity contribution in [3.05, 3.63) is 58.8 Å². The standard InChI is InChI=1S/C16H11ClN4O2/c1-10-20-14(8-18)16(22-10)21-19-9-11-6-7-15(23-11)12-4-2-3-5-13(12)17/h2-7,9,21H,1H3. The van der Waals surface area contributed by atoms with Crippen molar-refractivity contribution in [3.8, 4) is 17.4 Å². The molecule has 114 valence electrons. The molecule has 0 radical (unpaired) electrons. The van der Waals surface area contributed by atoms with Crippen molar-refractivity contribution in [2.24, 2.45) is 5.10 Å². The summed E-state index contributed by atoms with van der Waals surface area (Å²) in [6.07, 6.45) is 1.47. The Hall–Kier alpha value is -3.04. The van der Waals surface area contributed by atoms with E-state index in [2.05, 4.69) is 15.5 Å². The Kier molecular flexibility index (Phi) is 4.13. The first kappa shape index (κ1) is 14.9. The molecule has 3 aromatic rings. The van der Waals surface area contributed by atoms with Gasteiger partial charge in [0.25, 0.3) is 5.88 Å². The number of aromatic nitrogens is 1. The number of nitriles is 1. The van der Waals surface area contributed by atoms with Crippen molar-refractivity contribution in [3.63, 3.8) is 0 Å². The Labute approximate surface area is 137 Å². The van der Waals surface area contributed by atoms with Gasteiger partial charge >= 0.3 is 0 Å². The van der Waals surface area contributed by atoms with Crippen molar-refractivity contribution in [1.82, 2.24) is 4.98 Å². The van der Waals surface area contributed by atoms with Crippen LogP contribution in [0.3, 0.4) is 0 Å². The second-order valence-electron chi connectivity index (χ2n) is 4.57. The molecule has 0 unspecified atom stereocenters. The van der Waals surface area contributed by atoms with E-state index in [0.717, 1.165) is 5.56 Å². The van der Waals surface area contributed by atoms with Crippen molar-refractivity contribution in [2.75, 3.05) is 5.43 Å². The first-order valence-corrected chi connectivity index (χ1v) is 7.06. The highest BCUT2D eigenvalue weighted by Gasteiger charge is 2.09. The monoisotopic (exact) mass is 326 g/mol. The van der Waals surface area contributed by atoms with Crippen LogP contribution in [0, 0.1) is 18.3 Å². The molecule has 23 heavy (non-hydrogen) atoms. The maximum Gasteiger partial charge on any atom is 0.252 e. The summed E-state index contributed by atoms with van der Waals surface area (Å²) >= 11 is 6.13. The zero-order chi connectivity index (χ0) is 16.2. The fourth-order valence-corrected chi connectivity index (χ4v) is 2.19. The molecule has 0 fully saturated rings. The van der Waals surface area contributed by atoms with Gasteiger partial charge in [0.2, 0.25) is 5.69 Å². The minimum Gasteiger partial charge on any atom is -0.455 e. The molecular formula is C16H11ClN4O2. The average molecular weight is 327 g/mol. The second kappa shape index (κ2) is 6.38. The number of hydrazone groups is 1. The zero-order valence-electron chi connectivity index (χ0n) is 12.1. The van der Waals surface area contributed by atoms with Crippen LogP contribution in [-0.2, 0) is 0 Å². The summed E-state index contributed by atoms with van der Waals surface area (Å²) in [5.41, 5.74) is 3.58. The van der Waals surface area contributed by atoms with E-state index in [1.165, 1.54) is 6.21 Å². The molecule has 0 saturated heterocycles. The summed E-state index contributed by atoms with van der Waals surface area (Å²) in [4.78, 5) is 3.91. The van der Waals surface area contributed by atoms with E-state index in [1.807, 2.05) is 30.3 Å². The van der Waals surface area contributed by atoms with Crippen LogP contribution in [0.2, 0.25) is 5.02 Å². The van der Waals surface area contributed by atoms with Crippen LogP contribution < -0.4 is 5.43 Å². The van der Waals surface area contributed by atoms with Crippen LogP contribution in [0.1, 0.15) is 17.3 Å². The summed E-state index contributed by atoms with van der Waals surface area (Å²) in [5, 5.41) is 13.5. The van der Waals surface area contributed by atoms with Gasteiger partial charge in [0.15, 0.2) is 5.89 Å². The maximum absolute atomic E-state index is 8.91. The van der Waals surface area contributed by atoms with Gasteiger partial charge in [-0.15, -0.1) is 0 Å². The maximum atomic E-state index is 8.91. The molecule has 0 bridgehead atoms. The van der Waals surface area contributed by atoms with Crippen LogP contribution in [0.15, 0.2) is 50.3 Å². The minimum atomic E-state index is 0.149. The summed E-state index contributed by atoms with van der Waals surface area (Å²) in [5.74, 6) is 1.75. The molecule has 0 amide bonds. The van der Waals surface area contributed by atoms with E-state index in [4.69, 9.17) is 25.7 Å². The topological polar surface area (TPSA) is 87.4 Å². The lowest BCUT2D eigenvalue weighted by Crippen LogP contribution is -1.90. The number of nitrogens with one attached hydrogen (secondary N) is 1. The largest absolute Gasteiger partial charge is 0.455 e. The summed E-state index contributed by atoms with van der Waals surface area (Å²) in [6, 6.07) is 12.9. The number of aryl methyl sites for hydroxylation is 1. The van der Waals surface area contributed by atoms with Crippen LogP contribution in [0.4, 0.5) is 5.88 Å². The van der Waals surface area contributed by atoms with Crippen molar-refractivity contribution < 1.29 is 8.83 Å². The third-order valence-electron chi connectivity index (χ3n) is 2.96. The van der Waals surface area contributed by atoms with E-state index in [-0.39, 0.29) is 11.6 Å². The van der Waals surface area contributed by atoms with Crippen molar-refractivity contribution in [2.45, 2.75) is 6.92 Å². The Morgan fingerprint density at radius 1 is 1.26 bits per heavy atom. The number of nitrogens with zero attached hydrogens (tertiary/aromatic N) is 3. The van der Waals surface area contributed by atoms with E-state index in [0.29, 0.717) is 22.4 Å². The first-order chi connectivity index (χ1) is 11.2. The fourth-order valence-electron chi connectivity index (χ4n) is 1.96. The van der Waals surface area contributed by atoms with Crippen LogP contribution in [0.5, 0.6) is 0 Å². The molecule has 6 nitrogen and oxygen atoms in total. The predicted molar refractivity (Wildman–Crippen MR) is 86.3 cm³/mol. The molecular weight excluding hydrogens is 316 g/mol. The smallest absolute Gasteiger partial charge is 0.252 e. The van der Waals surface area contributed by atoms with Gasteiger partial charge in [0.05, 0.1) is 11.2 Å². The van der Waals surface area contributed by atoms with Gasteiger partial charge in [0.1, 0.15) is 17.6 Å². The Morgan fingerprint density at radius 3 is 2.87 bits per heavy atom. The van der Waals surface area contributed by atoms with Crippen molar-refractivity contribution >= 4 is 23.7 Å². The van der Waals surface area contributed by atoms with Gasteiger partial charge in [-0.05, 0) is 24.3 Å². The van der Waals surface area contributed by atoms with Gasteiger partial charge < -0.3 is 8.83 Å². The van der Waals surface area contributed by atoms with Gasteiger partial charge in [-0.2, -0.15) is 10.4 Å². The van der Waals surface area contributed by atoms with E-state index >= 15 is 0 Å². The number of hydrogen-bond donors (Lipinski definition) is 1. The van der Waals surface area contributed by atoms with E-state index < -0.39 is 0 Å². The molecule has 0 aliphatic carbocycles. The number of furan rings is 1. The SMILES string of the molecule is Cc1nc(C#N)c(NN=Cc2ccc(-c3ccccc3Cl)o2)o1. The van der Waals surface area contributed by atoms with Gasteiger partial charge in [-0.1, -0.05) is 23.7 Å². The first-order valence-electron chi connectivity index (χ1n) is 6.68. The molecule has 0 aliphatic heterocycles. The molecule has 1 N–H and O–H groups in total. The molecule has 2 aromatic heterocycles. The summed E-state index contributed by atoms with van der Waals surface area (Å²) in [7, 11) is 0. The molecule has 0 atom stereocenters. The normalized spacial score (nSPS) is 10.8. The summed E-state index contributed by atoms with van der Waals surface area (Å²) in [6.45, 7) is 1.65. The van der Waals surface area contributed by atoms with Crippen molar-refractivity contribution in [1.29, 1.82) is 5.26 Å². The van der Waals surface area contributed by atoms with Gasteiger partial charge in [-0.25, -0.2) is 10.4 Å². The number of benzene rings is 1. The number of oxazole rings is 1. The molecule has 0 aliphatic rings.